The molecule has 0 spiro atoms. The molecule has 0 aliphatic carbocycles. The molecule has 0 radical (unpaired) electrons. The summed E-state index contributed by atoms with van der Waals surface area (Å²) in [6.07, 6.45) is 1.10. The number of rotatable bonds is 3. The number of hydrogen-bond donors (Lipinski definition) is 1. The minimum Gasteiger partial charge on any atom is -0.378 e. The Hall–Kier alpha value is -1.70. The van der Waals surface area contributed by atoms with Crippen molar-refractivity contribution in [2.24, 2.45) is 0 Å². The van der Waals surface area contributed by atoms with E-state index in [1.165, 1.54) is 12.1 Å². The highest BCUT2D eigenvalue weighted by Gasteiger charge is 2.26. The number of amides is 2. The Morgan fingerprint density at radius 2 is 1.88 bits per heavy atom. The molecule has 3 rings (SSSR count). The molecule has 2 heterocycles. The van der Waals surface area contributed by atoms with Gasteiger partial charge >= 0.3 is 0 Å². The number of morpholine rings is 1. The zero-order valence-corrected chi connectivity index (χ0v) is 15.5. The summed E-state index contributed by atoms with van der Waals surface area (Å²) >= 11 is 0. The minimum absolute atomic E-state index is 0. The van der Waals surface area contributed by atoms with Crippen molar-refractivity contribution in [1.29, 1.82) is 0 Å². The van der Waals surface area contributed by atoms with Crippen LogP contribution < -0.4 is 5.32 Å². The van der Waals surface area contributed by atoms with Gasteiger partial charge in [-0.3, -0.25) is 9.59 Å². The molecule has 0 aromatic heterocycles. The second kappa shape index (κ2) is 9.85. The van der Waals surface area contributed by atoms with Gasteiger partial charge in [0.2, 0.25) is 5.91 Å². The molecule has 2 aliphatic rings. The summed E-state index contributed by atoms with van der Waals surface area (Å²) in [5, 5.41) is 3.28. The molecule has 1 unspecified atom stereocenters. The largest absolute Gasteiger partial charge is 0.378 e. The van der Waals surface area contributed by atoms with Gasteiger partial charge in [-0.25, -0.2) is 4.39 Å². The maximum Gasteiger partial charge on any atom is 0.256 e. The SMILES string of the molecule is Cl.O=C(CC1COCCN1)N1CCCN(C(=O)c2ccccc2F)CC1. The topological polar surface area (TPSA) is 61.9 Å². The van der Waals surface area contributed by atoms with Gasteiger partial charge in [0, 0.05) is 45.2 Å². The fourth-order valence-electron chi connectivity index (χ4n) is 3.27. The van der Waals surface area contributed by atoms with Gasteiger partial charge in [-0.1, -0.05) is 12.1 Å². The van der Waals surface area contributed by atoms with E-state index in [1.807, 2.05) is 0 Å². The van der Waals surface area contributed by atoms with Crippen molar-refractivity contribution in [3.8, 4) is 0 Å². The number of nitrogens with zero attached hydrogens (tertiary/aromatic N) is 2. The van der Waals surface area contributed by atoms with Crippen LogP contribution in [0, 0.1) is 5.82 Å². The predicted molar refractivity (Wildman–Crippen MR) is 98.0 cm³/mol. The smallest absolute Gasteiger partial charge is 0.256 e. The molecule has 0 saturated carbocycles. The van der Waals surface area contributed by atoms with Crippen LogP contribution >= 0.6 is 12.4 Å². The highest BCUT2D eigenvalue weighted by atomic mass is 35.5. The Labute approximate surface area is 159 Å². The summed E-state index contributed by atoms with van der Waals surface area (Å²) in [6, 6.07) is 6.07. The lowest BCUT2D eigenvalue weighted by Gasteiger charge is -2.27. The first-order chi connectivity index (χ1) is 12.1. The van der Waals surface area contributed by atoms with Gasteiger partial charge < -0.3 is 19.9 Å². The molecule has 26 heavy (non-hydrogen) atoms. The second-order valence-corrected chi connectivity index (χ2v) is 6.44. The molecule has 1 N–H and O–H groups in total. The van der Waals surface area contributed by atoms with Crippen LogP contribution in [0.3, 0.4) is 0 Å². The standard InChI is InChI=1S/C18H24FN3O3.ClH/c19-16-5-2-1-4-15(16)18(24)22-8-3-7-21(9-10-22)17(23)12-14-13-25-11-6-20-14;/h1-2,4-5,14,20H,3,6-13H2;1H. The first kappa shape index (κ1) is 20.6. The Bertz CT molecular complexity index is 625. The van der Waals surface area contributed by atoms with Gasteiger partial charge in [0.05, 0.1) is 18.8 Å². The van der Waals surface area contributed by atoms with Crippen molar-refractivity contribution in [3.05, 3.63) is 35.6 Å². The summed E-state index contributed by atoms with van der Waals surface area (Å²) in [4.78, 5) is 28.4. The molecule has 2 aliphatic heterocycles. The number of ether oxygens (including phenoxy) is 1. The Kier molecular flexibility index (Phi) is 7.81. The monoisotopic (exact) mass is 385 g/mol. The highest BCUT2D eigenvalue weighted by Crippen LogP contribution is 2.13. The molecule has 0 bridgehead atoms. The van der Waals surface area contributed by atoms with Crippen molar-refractivity contribution < 1.29 is 18.7 Å². The zero-order valence-electron chi connectivity index (χ0n) is 14.7. The van der Waals surface area contributed by atoms with Crippen molar-refractivity contribution in [3.63, 3.8) is 0 Å². The zero-order chi connectivity index (χ0) is 17.6. The fraction of sp³-hybridized carbons (Fsp3) is 0.556. The molecular weight excluding hydrogens is 361 g/mol. The average Bonchev–Trinajstić information content (AvgIpc) is 2.89. The number of halogens is 2. The summed E-state index contributed by atoms with van der Waals surface area (Å²) < 4.78 is 19.2. The maximum absolute atomic E-state index is 13.8. The third-order valence-electron chi connectivity index (χ3n) is 4.66. The second-order valence-electron chi connectivity index (χ2n) is 6.44. The summed E-state index contributed by atoms with van der Waals surface area (Å²) in [6.45, 7) is 4.05. The fourth-order valence-corrected chi connectivity index (χ4v) is 3.27. The van der Waals surface area contributed by atoms with Crippen LogP contribution in [0.1, 0.15) is 23.2 Å². The Morgan fingerprint density at radius 3 is 2.62 bits per heavy atom. The number of nitrogens with one attached hydrogen (secondary N) is 1. The summed E-state index contributed by atoms with van der Waals surface area (Å²) in [7, 11) is 0. The van der Waals surface area contributed by atoms with E-state index in [0.717, 1.165) is 6.54 Å². The molecular formula is C18H25ClFN3O3. The molecule has 1 aromatic rings. The Morgan fingerprint density at radius 1 is 1.15 bits per heavy atom. The molecule has 2 fully saturated rings. The minimum atomic E-state index is -0.506. The third kappa shape index (κ3) is 5.16. The van der Waals surface area contributed by atoms with Crippen molar-refractivity contribution >= 4 is 24.2 Å². The van der Waals surface area contributed by atoms with Crippen LogP contribution in [0.2, 0.25) is 0 Å². The lowest BCUT2D eigenvalue weighted by atomic mass is 10.1. The van der Waals surface area contributed by atoms with Crippen LogP contribution in [0.15, 0.2) is 24.3 Å². The van der Waals surface area contributed by atoms with Gasteiger partial charge in [-0.2, -0.15) is 0 Å². The predicted octanol–water partition coefficient (Wildman–Crippen LogP) is 1.30. The normalized spacial score (nSPS) is 20.9. The van der Waals surface area contributed by atoms with Crippen molar-refractivity contribution in [1.82, 2.24) is 15.1 Å². The number of carbonyl (C=O) groups excluding carboxylic acids is 2. The van der Waals surface area contributed by atoms with Crippen LogP contribution in [0.4, 0.5) is 4.39 Å². The van der Waals surface area contributed by atoms with E-state index in [-0.39, 0.29) is 35.8 Å². The van der Waals surface area contributed by atoms with E-state index < -0.39 is 5.82 Å². The maximum atomic E-state index is 13.8. The van der Waals surface area contributed by atoms with E-state index in [1.54, 1.807) is 21.9 Å². The van der Waals surface area contributed by atoms with E-state index >= 15 is 0 Å². The van der Waals surface area contributed by atoms with Gasteiger partial charge in [-0.15, -0.1) is 12.4 Å². The number of carbonyl (C=O) groups is 2. The quantitative estimate of drug-likeness (QED) is 0.852. The molecule has 2 saturated heterocycles. The molecule has 144 valence electrons. The van der Waals surface area contributed by atoms with E-state index in [9.17, 15) is 14.0 Å². The first-order valence-electron chi connectivity index (χ1n) is 8.78. The average molecular weight is 386 g/mol. The van der Waals surface area contributed by atoms with E-state index in [4.69, 9.17) is 4.74 Å². The van der Waals surface area contributed by atoms with Gasteiger partial charge in [0.15, 0.2) is 0 Å². The molecule has 1 aromatic carbocycles. The third-order valence-corrected chi connectivity index (χ3v) is 4.66. The summed E-state index contributed by atoms with van der Waals surface area (Å²) in [5.41, 5.74) is 0.0887. The van der Waals surface area contributed by atoms with Gasteiger partial charge in [0.25, 0.3) is 5.91 Å². The van der Waals surface area contributed by atoms with E-state index in [0.29, 0.717) is 52.2 Å². The first-order valence-corrected chi connectivity index (χ1v) is 8.78. The van der Waals surface area contributed by atoms with Crippen molar-refractivity contribution in [2.45, 2.75) is 18.9 Å². The highest BCUT2D eigenvalue weighted by molar-refractivity contribution is 5.94. The lowest BCUT2D eigenvalue weighted by molar-refractivity contribution is -0.132. The number of hydrogen-bond acceptors (Lipinski definition) is 4. The molecule has 2 amide bonds. The van der Waals surface area contributed by atoms with Crippen LogP contribution in [0.5, 0.6) is 0 Å². The van der Waals surface area contributed by atoms with Crippen LogP contribution in [-0.4, -0.2) is 73.6 Å². The number of benzene rings is 1. The lowest BCUT2D eigenvalue weighted by Crippen LogP contribution is -2.45. The summed E-state index contributed by atoms with van der Waals surface area (Å²) in [5.74, 6) is -0.744. The van der Waals surface area contributed by atoms with Crippen LogP contribution in [0.25, 0.3) is 0 Å². The molecule has 1 atom stereocenters. The Balaban J connectivity index is 0.00000243. The molecule has 8 heteroatoms. The molecule has 6 nitrogen and oxygen atoms in total. The van der Waals surface area contributed by atoms with Crippen molar-refractivity contribution in [2.75, 3.05) is 45.9 Å². The van der Waals surface area contributed by atoms with Crippen LogP contribution in [-0.2, 0) is 9.53 Å². The van der Waals surface area contributed by atoms with E-state index in [2.05, 4.69) is 5.32 Å². The van der Waals surface area contributed by atoms with Gasteiger partial charge in [0.1, 0.15) is 5.82 Å². The van der Waals surface area contributed by atoms with Gasteiger partial charge in [-0.05, 0) is 18.6 Å².